The first-order valence-corrected chi connectivity index (χ1v) is 8.22. The Labute approximate surface area is 125 Å². The molecule has 1 aromatic rings. The number of thiazole rings is 1. The summed E-state index contributed by atoms with van der Waals surface area (Å²) >= 11 is 1.62. The van der Waals surface area contributed by atoms with Crippen molar-refractivity contribution < 1.29 is 4.79 Å². The molecule has 1 aliphatic carbocycles. The molecule has 1 fully saturated rings. The standard InChI is InChI=1S/C15H25N3OS/c1-15(2,3)12-9-20-13(18-12)8-17-14(19)10-5-4-6-11(16)7-10/h9-11H,4-8,16H2,1-3H3,(H,17,19). The van der Waals surface area contributed by atoms with Crippen LogP contribution in [0.2, 0.25) is 0 Å². The molecule has 3 N–H and O–H groups in total. The van der Waals surface area contributed by atoms with E-state index in [1.165, 1.54) is 0 Å². The van der Waals surface area contributed by atoms with Crippen molar-refractivity contribution >= 4 is 17.2 Å². The van der Waals surface area contributed by atoms with Crippen LogP contribution in [0.3, 0.4) is 0 Å². The van der Waals surface area contributed by atoms with Crippen LogP contribution in [0.15, 0.2) is 5.38 Å². The molecule has 1 saturated carbocycles. The summed E-state index contributed by atoms with van der Waals surface area (Å²) in [5.74, 6) is 0.216. The topological polar surface area (TPSA) is 68.0 Å². The highest BCUT2D eigenvalue weighted by Crippen LogP contribution is 2.25. The Kier molecular flexibility index (Phi) is 4.81. The number of amides is 1. The molecule has 4 nitrogen and oxygen atoms in total. The van der Waals surface area contributed by atoms with Gasteiger partial charge in [-0.1, -0.05) is 27.2 Å². The predicted molar refractivity (Wildman–Crippen MR) is 82.6 cm³/mol. The van der Waals surface area contributed by atoms with Crippen molar-refractivity contribution in [2.45, 2.75) is 64.5 Å². The maximum Gasteiger partial charge on any atom is 0.223 e. The van der Waals surface area contributed by atoms with Crippen LogP contribution in [-0.2, 0) is 16.8 Å². The molecule has 0 aliphatic heterocycles. The van der Waals surface area contributed by atoms with Gasteiger partial charge in [-0.25, -0.2) is 4.98 Å². The molecule has 2 atom stereocenters. The van der Waals surface area contributed by atoms with Crippen LogP contribution < -0.4 is 11.1 Å². The molecule has 1 amide bonds. The first kappa shape index (κ1) is 15.4. The predicted octanol–water partition coefficient (Wildman–Crippen LogP) is 2.57. The first-order chi connectivity index (χ1) is 9.36. The second-order valence-corrected chi connectivity index (χ2v) is 7.66. The SMILES string of the molecule is CC(C)(C)c1csc(CNC(=O)C2CCCC(N)C2)n1. The van der Waals surface area contributed by atoms with E-state index < -0.39 is 0 Å². The zero-order valence-electron chi connectivity index (χ0n) is 12.6. The van der Waals surface area contributed by atoms with Gasteiger partial charge in [0.15, 0.2) is 0 Å². The third kappa shape index (κ3) is 4.03. The zero-order chi connectivity index (χ0) is 14.8. The van der Waals surface area contributed by atoms with E-state index in [0.717, 1.165) is 36.4 Å². The van der Waals surface area contributed by atoms with Gasteiger partial charge in [0.2, 0.25) is 5.91 Å². The Bertz CT molecular complexity index is 464. The Morgan fingerprint density at radius 1 is 1.50 bits per heavy atom. The van der Waals surface area contributed by atoms with Crippen LogP contribution in [0.5, 0.6) is 0 Å². The molecular formula is C15H25N3OS. The number of nitrogens with zero attached hydrogens (tertiary/aromatic N) is 1. The minimum atomic E-state index is 0.0644. The van der Waals surface area contributed by atoms with Gasteiger partial charge < -0.3 is 11.1 Å². The van der Waals surface area contributed by atoms with E-state index in [0.29, 0.717) is 6.54 Å². The van der Waals surface area contributed by atoms with Gasteiger partial charge in [-0.15, -0.1) is 11.3 Å². The average molecular weight is 295 g/mol. The highest BCUT2D eigenvalue weighted by Gasteiger charge is 2.25. The van der Waals surface area contributed by atoms with Crippen LogP contribution in [0, 0.1) is 5.92 Å². The molecule has 2 unspecified atom stereocenters. The number of rotatable bonds is 3. The van der Waals surface area contributed by atoms with Crippen molar-refractivity contribution in [1.29, 1.82) is 0 Å². The summed E-state index contributed by atoms with van der Waals surface area (Å²) in [5.41, 5.74) is 7.08. The summed E-state index contributed by atoms with van der Waals surface area (Å²) in [5, 5.41) is 6.06. The maximum atomic E-state index is 12.1. The summed E-state index contributed by atoms with van der Waals surface area (Å²) in [4.78, 5) is 16.7. The Morgan fingerprint density at radius 3 is 2.85 bits per heavy atom. The third-order valence-electron chi connectivity index (χ3n) is 3.82. The molecule has 1 aromatic heterocycles. The van der Waals surface area contributed by atoms with Crippen LogP contribution >= 0.6 is 11.3 Å². The summed E-state index contributed by atoms with van der Waals surface area (Å²) < 4.78 is 0. The van der Waals surface area contributed by atoms with Gasteiger partial charge in [-0.05, 0) is 19.3 Å². The molecule has 0 spiro atoms. The normalized spacial score (nSPS) is 23.6. The molecule has 0 bridgehead atoms. The molecular weight excluding hydrogens is 270 g/mol. The lowest BCUT2D eigenvalue weighted by atomic mass is 9.85. The number of nitrogens with one attached hydrogen (secondary N) is 1. The second-order valence-electron chi connectivity index (χ2n) is 6.72. The van der Waals surface area contributed by atoms with E-state index in [1.54, 1.807) is 11.3 Å². The molecule has 0 aromatic carbocycles. The average Bonchev–Trinajstić information content (AvgIpc) is 2.84. The molecule has 0 saturated heterocycles. The highest BCUT2D eigenvalue weighted by molar-refractivity contribution is 7.09. The summed E-state index contributed by atoms with van der Waals surface area (Å²) in [6.07, 6.45) is 3.89. The quantitative estimate of drug-likeness (QED) is 0.900. The van der Waals surface area contributed by atoms with Gasteiger partial charge in [0.05, 0.1) is 12.2 Å². The lowest BCUT2D eigenvalue weighted by Gasteiger charge is -2.25. The molecule has 0 radical (unpaired) electrons. The van der Waals surface area contributed by atoms with Crippen molar-refractivity contribution in [2.75, 3.05) is 0 Å². The summed E-state index contributed by atoms with van der Waals surface area (Å²) in [6, 6.07) is 0.187. The fourth-order valence-corrected chi connectivity index (χ4v) is 3.47. The molecule has 20 heavy (non-hydrogen) atoms. The molecule has 1 heterocycles. The van der Waals surface area contributed by atoms with Crippen molar-refractivity contribution in [1.82, 2.24) is 10.3 Å². The van der Waals surface area contributed by atoms with Gasteiger partial charge in [0.25, 0.3) is 0 Å². The van der Waals surface area contributed by atoms with Gasteiger partial charge >= 0.3 is 0 Å². The molecule has 5 heteroatoms. The van der Waals surface area contributed by atoms with Crippen LogP contribution in [0.4, 0.5) is 0 Å². The minimum Gasteiger partial charge on any atom is -0.349 e. The van der Waals surface area contributed by atoms with Crippen molar-refractivity contribution in [3.63, 3.8) is 0 Å². The minimum absolute atomic E-state index is 0.0644. The monoisotopic (exact) mass is 295 g/mol. The van der Waals surface area contributed by atoms with Crippen LogP contribution in [-0.4, -0.2) is 16.9 Å². The number of nitrogens with two attached hydrogens (primary N) is 1. The lowest BCUT2D eigenvalue weighted by Crippen LogP contribution is -2.37. The molecule has 112 valence electrons. The van der Waals surface area contributed by atoms with Crippen molar-refractivity contribution in [2.24, 2.45) is 11.7 Å². The van der Waals surface area contributed by atoms with E-state index in [9.17, 15) is 4.79 Å². The van der Waals surface area contributed by atoms with E-state index in [2.05, 4.69) is 36.5 Å². The van der Waals surface area contributed by atoms with E-state index in [4.69, 9.17) is 5.73 Å². The second kappa shape index (κ2) is 6.22. The number of carbonyl (C=O) groups excluding carboxylic acids is 1. The largest absolute Gasteiger partial charge is 0.349 e. The van der Waals surface area contributed by atoms with Crippen LogP contribution in [0.25, 0.3) is 0 Å². The van der Waals surface area contributed by atoms with E-state index in [1.807, 2.05) is 0 Å². The Morgan fingerprint density at radius 2 is 2.25 bits per heavy atom. The zero-order valence-corrected chi connectivity index (χ0v) is 13.4. The van der Waals surface area contributed by atoms with Crippen LogP contribution in [0.1, 0.15) is 57.2 Å². The van der Waals surface area contributed by atoms with Gasteiger partial charge in [0, 0.05) is 22.8 Å². The third-order valence-corrected chi connectivity index (χ3v) is 4.67. The molecule has 2 rings (SSSR count). The van der Waals surface area contributed by atoms with E-state index >= 15 is 0 Å². The fourth-order valence-electron chi connectivity index (χ4n) is 2.51. The fraction of sp³-hybridized carbons (Fsp3) is 0.733. The lowest BCUT2D eigenvalue weighted by molar-refractivity contribution is -0.126. The number of aromatic nitrogens is 1. The van der Waals surface area contributed by atoms with Crippen molar-refractivity contribution in [3.8, 4) is 0 Å². The smallest absolute Gasteiger partial charge is 0.223 e. The maximum absolute atomic E-state index is 12.1. The number of hydrogen-bond donors (Lipinski definition) is 2. The van der Waals surface area contributed by atoms with Gasteiger partial charge in [0.1, 0.15) is 5.01 Å². The van der Waals surface area contributed by atoms with Gasteiger partial charge in [-0.3, -0.25) is 4.79 Å². The first-order valence-electron chi connectivity index (χ1n) is 7.34. The Hall–Kier alpha value is -0.940. The van der Waals surface area contributed by atoms with Gasteiger partial charge in [-0.2, -0.15) is 0 Å². The number of hydrogen-bond acceptors (Lipinski definition) is 4. The highest BCUT2D eigenvalue weighted by atomic mass is 32.1. The Balaban J connectivity index is 1.85. The summed E-state index contributed by atoms with van der Waals surface area (Å²) in [6.45, 7) is 6.97. The number of carbonyl (C=O) groups is 1. The van der Waals surface area contributed by atoms with Crippen molar-refractivity contribution in [3.05, 3.63) is 16.1 Å². The molecule has 1 aliphatic rings. The van der Waals surface area contributed by atoms with E-state index in [-0.39, 0.29) is 23.3 Å². The summed E-state index contributed by atoms with van der Waals surface area (Å²) in [7, 11) is 0.